The molecule has 2 aromatic carbocycles. The second-order valence-electron chi connectivity index (χ2n) is 6.90. The Labute approximate surface area is 170 Å². The summed E-state index contributed by atoms with van der Waals surface area (Å²) >= 11 is 0. The number of hydrogen-bond donors (Lipinski definition) is 0. The van der Waals surface area contributed by atoms with Gasteiger partial charge in [0.1, 0.15) is 5.75 Å². The summed E-state index contributed by atoms with van der Waals surface area (Å²) in [6.07, 6.45) is -4.37. The summed E-state index contributed by atoms with van der Waals surface area (Å²) in [5, 5.41) is 10.8. The quantitative estimate of drug-likeness (QED) is 0.526. The Hall–Kier alpha value is -3.14. The van der Waals surface area contributed by atoms with E-state index < -0.39 is 16.7 Å². The van der Waals surface area contributed by atoms with Gasteiger partial charge >= 0.3 is 6.18 Å². The summed E-state index contributed by atoms with van der Waals surface area (Å²) in [5.74, 6) is -0.0130. The molecule has 0 aromatic heterocycles. The molecule has 0 saturated carbocycles. The third-order valence-corrected chi connectivity index (χ3v) is 4.78. The van der Waals surface area contributed by atoms with Gasteiger partial charge in [0.15, 0.2) is 6.61 Å². The highest BCUT2D eigenvalue weighted by Crippen LogP contribution is 2.29. The van der Waals surface area contributed by atoms with E-state index in [1.165, 1.54) is 30.3 Å². The first kappa shape index (κ1) is 21.6. The molecule has 2 aromatic rings. The number of amides is 1. The topological polar surface area (TPSA) is 75.9 Å². The minimum Gasteiger partial charge on any atom is -0.484 e. The van der Waals surface area contributed by atoms with Gasteiger partial charge in [0.05, 0.1) is 16.6 Å². The number of rotatable bonds is 6. The second kappa shape index (κ2) is 9.12. The molecule has 1 amide bonds. The Morgan fingerprint density at radius 1 is 1.07 bits per heavy atom. The predicted octanol–water partition coefficient (Wildman–Crippen LogP) is 3.34. The van der Waals surface area contributed by atoms with Crippen molar-refractivity contribution in [3.05, 3.63) is 69.8 Å². The van der Waals surface area contributed by atoms with E-state index >= 15 is 0 Å². The number of hydrogen-bond acceptors (Lipinski definition) is 5. The molecule has 1 saturated heterocycles. The van der Waals surface area contributed by atoms with Gasteiger partial charge in [-0.2, -0.15) is 13.2 Å². The zero-order chi connectivity index (χ0) is 21.7. The van der Waals surface area contributed by atoms with E-state index in [1.54, 1.807) is 11.0 Å². The largest absolute Gasteiger partial charge is 0.484 e. The predicted molar refractivity (Wildman–Crippen MR) is 102 cm³/mol. The molecule has 1 aliphatic heterocycles. The highest BCUT2D eigenvalue weighted by Gasteiger charge is 2.30. The second-order valence-corrected chi connectivity index (χ2v) is 6.90. The average Bonchev–Trinajstić information content (AvgIpc) is 2.72. The zero-order valence-corrected chi connectivity index (χ0v) is 16.0. The smallest absolute Gasteiger partial charge is 0.416 e. The fourth-order valence-electron chi connectivity index (χ4n) is 3.18. The summed E-state index contributed by atoms with van der Waals surface area (Å²) in [6.45, 7) is 2.04. The molecule has 30 heavy (non-hydrogen) atoms. The van der Waals surface area contributed by atoms with Crippen LogP contribution in [0.5, 0.6) is 5.75 Å². The number of alkyl halides is 3. The van der Waals surface area contributed by atoms with Crippen LogP contribution in [0.1, 0.15) is 11.1 Å². The van der Waals surface area contributed by atoms with Crippen LogP contribution >= 0.6 is 0 Å². The fraction of sp³-hybridized carbons (Fsp3) is 0.350. The van der Waals surface area contributed by atoms with E-state index in [4.69, 9.17) is 4.74 Å². The van der Waals surface area contributed by atoms with Crippen LogP contribution in [-0.4, -0.2) is 53.4 Å². The van der Waals surface area contributed by atoms with Crippen molar-refractivity contribution < 1.29 is 27.6 Å². The van der Waals surface area contributed by atoms with Gasteiger partial charge in [-0.05, 0) is 17.7 Å². The molecule has 3 rings (SSSR count). The maximum atomic E-state index is 12.8. The summed E-state index contributed by atoms with van der Waals surface area (Å²) in [6, 6.07) is 10.8. The number of nitro groups is 1. The van der Waals surface area contributed by atoms with Gasteiger partial charge < -0.3 is 9.64 Å². The van der Waals surface area contributed by atoms with Crippen molar-refractivity contribution >= 4 is 11.6 Å². The van der Waals surface area contributed by atoms with Gasteiger partial charge in [-0.25, -0.2) is 0 Å². The molecule has 1 aliphatic rings. The molecule has 1 fully saturated rings. The lowest BCUT2D eigenvalue weighted by Gasteiger charge is -2.34. The lowest BCUT2D eigenvalue weighted by Crippen LogP contribution is -2.49. The van der Waals surface area contributed by atoms with Crippen LogP contribution in [0.25, 0.3) is 0 Å². The minimum absolute atomic E-state index is 0.122. The first-order chi connectivity index (χ1) is 14.2. The normalized spacial score (nSPS) is 15.1. The summed E-state index contributed by atoms with van der Waals surface area (Å²) in [4.78, 5) is 26.2. The van der Waals surface area contributed by atoms with Crippen LogP contribution in [0.2, 0.25) is 0 Å². The van der Waals surface area contributed by atoms with E-state index in [1.807, 2.05) is 4.90 Å². The number of piperazine rings is 1. The summed E-state index contributed by atoms with van der Waals surface area (Å²) < 4.78 is 43.9. The van der Waals surface area contributed by atoms with Crippen LogP contribution in [0.3, 0.4) is 0 Å². The first-order valence-corrected chi connectivity index (χ1v) is 9.26. The van der Waals surface area contributed by atoms with Gasteiger partial charge in [0, 0.05) is 38.8 Å². The van der Waals surface area contributed by atoms with Crippen LogP contribution in [0.4, 0.5) is 18.9 Å². The standard InChI is InChI=1S/C20H20F3N3O4/c21-20(22,23)16-4-1-3-15(11-16)13-24-7-9-25(10-8-24)19(27)14-30-18-6-2-5-17(12-18)26(28)29/h1-6,11-12H,7-10,13-14H2. The number of halogens is 3. The molecule has 10 heteroatoms. The molecule has 0 atom stereocenters. The number of non-ortho nitro benzene ring substituents is 1. The molecule has 160 valence electrons. The minimum atomic E-state index is -4.37. The SMILES string of the molecule is O=C(COc1cccc([N+](=O)[O-])c1)N1CCN(Cc2cccc(C(F)(F)F)c2)CC1. The molecule has 0 unspecified atom stereocenters. The maximum Gasteiger partial charge on any atom is 0.416 e. The molecular weight excluding hydrogens is 403 g/mol. The highest BCUT2D eigenvalue weighted by molar-refractivity contribution is 5.77. The third kappa shape index (κ3) is 5.69. The molecular formula is C20H20F3N3O4. The van der Waals surface area contributed by atoms with Crippen LogP contribution < -0.4 is 4.74 Å². The Kier molecular flexibility index (Phi) is 6.56. The number of nitro benzene ring substituents is 1. The average molecular weight is 423 g/mol. The molecule has 0 radical (unpaired) electrons. The van der Waals surface area contributed by atoms with Crippen molar-refractivity contribution in [2.75, 3.05) is 32.8 Å². The number of carbonyl (C=O) groups excluding carboxylic acids is 1. The molecule has 0 N–H and O–H groups in total. The lowest BCUT2D eigenvalue weighted by atomic mass is 10.1. The molecule has 1 heterocycles. The highest BCUT2D eigenvalue weighted by atomic mass is 19.4. The third-order valence-electron chi connectivity index (χ3n) is 4.78. The monoisotopic (exact) mass is 423 g/mol. The van der Waals surface area contributed by atoms with Gasteiger partial charge in [-0.3, -0.25) is 19.8 Å². The van der Waals surface area contributed by atoms with Crippen molar-refractivity contribution in [1.82, 2.24) is 9.80 Å². The number of ether oxygens (including phenoxy) is 1. The molecule has 7 nitrogen and oxygen atoms in total. The Morgan fingerprint density at radius 3 is 2.43 bits per heavy atom. The van der Waals surface area contributed by atoms with Crippen LogP contribution in [0, 0.1) is 10.1 Å². The van der Waals surface area contributed by atoms with E-state index in [2.05, 4.69) is 0 Å². The van der Waals surface area contributed by atoms with Gasteiger partial charge in [-0.1, -0.05) is 24.3 Å². The fourth-order valence-corrected chi connectivity index (χ4v) is 3.18. The van der Waals surface area contributed by atoms with Crippen LogP contribution in [0.15, 0.2) is 48.5 Å². The van der Waals surface area contributed by atoms with E-state index in [0.29, 0.717) is 38.3 Å². The zero-order valence-electron chi connectivity index (χ0n) is 16.0. The summed E-state index contributed by atoms with van der Waals surface area (Å²) in [5.41, 5.74) is -0.228. The Balaban J connectivity index is 1.48. The number of carbonyl (C=O) groups is 1. The van der Waals surface area contributed by atoms with Crippen molar-refractivity contribution in [3.63, 3.8) is 0 Å². The van der Waals surface area contributed by atoms with Gasteiger partial charge in [0.25, 0.3) is 11.6 Å². The van der Waals surface area contributed by atoms with Crippen LogP contribution in [-0.2, 0) is 17.5 Å². The summed E-state index contributed by atoms with van der Waals surface area (Å²) in [7, 11) is 0. The Bertz CT molecular complexity index is 912. The van der Waals surface area contributed by atoms with Crippen molar-refractivity contribution in [3.8, 4) is 5.75 Å². The molecule has 0 spiro atoms. The molecule has 0 aliphatic carbocycles. The van der Waals surface area contributed by atoms with Gasteiger partial charge in [0.2, 0.25) is 0 Å². The van der Waals surface area contributed by atoms with Crippen molar-refractivity contribution in [2.45, 2.75) is 12.7 Å². The van der Waals surface area contributed by atoms with Gasteiger partial charge in [-0.15, -0.1) is 0 Å². The van der Waals surface area contributed by atoms with Crippen molar-refractivity contribution in [1.29, 1.82) is 0 Å². The maximum absolute atomic E-state index is 12.8. The number of nitrogens with zero attached hydrogens (tertiary/aromatic N) is 3. The lowest BCUT2D eigenvalue weighted by molar-refractivity contribution is -0.384. The van der Waals surface area contributed by atoms with Crippen molar-refractivity contribution in [2.24, 2.45) is 0 Å². The number of benzene rings is 2. The Morgan fingerprint density at radius 2 is 1.77 bits per heavy atom. The molecule has 0 bridgehead atoms. The van der Waals surface area contributed by atoms with E-state index in [-0.39, 0.29) is 24.0 Å². The first-order valence-electron chi connectivity index (χ1n) is 9.26. The van der Waals surface area contributed by atoms with E-state index in [9.17, 15) is 28.1 Å². The van der Waals surface area contributed by atoms with E-state index in [0.717, 1.165) is 12.1 Å².